The van der Waals surface area contributed by atoms with Crippen molar-refractivity contribution >= 4 is 11.9 Å². The van der Waals surface area contributed by atoms with Crippen LogP contribution in [0.3, 0.4) is 0 Å². The summed E-state index contributed by atoms with van der Waals surface area (Å²) in [5, 5.41) is 15.1. The van der Waals surface area contributed by atoms with Gasteiger partial charge < -0.3 is 4.52 Å². The zero-order valence-electron chi connectivity index (χ0n) is 13.5. The van der Waals surface area contributed by atoms with Crippen LogP contribution in [0, 0.1) is 6.92 Å². The van der Waals surface area contributed by atoms with Gasteiger partial charge >= 0.3 is 0 Å². The first-order valence-electron chi connectivity index (χ1n) is 7.87. The monoisotopic (exact) mass is 323 g/mol. The number of nitrogens with zero attached hydrogens (tertiary/aromatic N) is 4. The third-order valence-corrected chi connectivity index (χ3v) is 4.21. The van der Waals surface area contributed by atoms with Crippen LogP contribution in [-0.4, -0.2) is 25.8 Å². The first-order valence-corrected chi connectivity index (χ1v) is 7.87. The maximum absolute atomic E-state index is 12.7. The summed E-state index contributed by atoms with van der Waals surface area (Å²) in [6, 6.07) is 9.48. The molecule has 1 N–H and O–H groups in total. The second-order valence-electron chi connectivity index (χ2n) is 6.00. The van der Waals surface area contributed by atoms with E-state index in [9.17, 15) is 4.79 Å². The lowest BCUT2D eigenvalue weighted by molar-refractivity contribution is 0.102. The maximum Gasteiger partial charge on any atom is 0.263 e. The summed E-state index contributed by atoms with van der Waals surface area (Å²) in [7, 11) is 1.86. The largest absolute Gasteiger partial charge is 0.360 e. The van der Waals surface area contributed by atoms with Crippen molar-refractivity contribution in [2.75, 3.05) is 5.32 Å². The van der Waals surface area contributed by atoms with E-state index in [-0.39, 0.29) is 5.91 Å². The number of benzene rings is 1. The summed E-state index contributed by atoms with van der Waals surface area (Å²) in [6.07, 6.45) is 2.26. The molecule has 7 heteroatoms. The van der Waals surface area contributed by atoms with E-state index in [1.54, 1.807) is 6.92 Å². The number of rotatable bonds is 4. The van der Waals surface area contributed by atoms with E-state index < -0.39 is 0 Å². The van der Waals surface area contributed by atoms with Gasteiger partial charge in [-0.1, -0.05) is 35.5 Å². The standard InChI is InChI=1S/C17H17N5O2/c1-10-13(14(21-24-10)11-6-4-3-5-7-11)16(23)18-17-20-19-15(22(17)2)12-8-9-12/h3-7,12H,8-9H2,1-2H3,(H,18,20,23). The van der Waals surface area contributed by atoms with Crippen LogP contribution in [-0.2, 0) is 7.05 Å². The zero-order chi connectivity index (χ0) is 16.7. The summed E-state index contributed by atoms with van der Waals surface area (Å²) in [5.41, 5.74) is 1.77. The quantitative estimate of drug-likeness (QED) is 0.798. The Bertz CT molecular complexity index is 893. The lowest BCUT2D eigenvalue weighted by atomic mass is 10.1. The predicted molar refractivity (Wildman–Crippen MR) is 87.6 cm³/mol. The zero-order valence-corrected chi connectivity index (χ0v) is 13.5. The van der Waals surface area contributed by atoms with Gasteiger partial charge in [-0.2, -0.15) is 0 Å². The van der Waals surface area contributed by atoms with Crippen LogP contribution >= 0.6 is 0 Å². The molecule has 0 unspecified atom stereocenters. The number of carbonyl (C=O) groups excluding carboxylic acids is 1. The van der Waals surface area contributed by atoms with Gasteiger partial charge in [0.25, 0.3) is 5.91 Å². The fourth-order valence-electron chi connectivity index (χ4n) is 2.74. The van der Waals surface area contributed by atoms with Crippen molar-refractivity contribution in [3.05, 3.63) is 47.5 Å². The normalized spacial score (nSPS) is 13.9. The lowest BCUT2D eigenvalue weighted by Crippen LogP contribution is -2.16. The van der Waals surface area contributed by atoms with Gasteiger partial charge in [-0.25, -0.2) is 0 Å². The van der Waals surface area contributed by atoms with Crippen molar-refractivity contribution in [3.63, 3.8) is 0 Å². The fourth-order valence-corrected chi connectivity index (χ4v) is 2.74. The number of aryl methyl sites for hydroxylation is 1. The molecule has 4 rings (SSSR count). The van der Waals surface area contributed by atoms with Crippen molar-refractivity contribution in [3.8, 4) is 11.3 Å². The molecule has 2 heterocycles. The number of nitrogens with one attached hydrogen (secondary N) is 1. The summed E-state index contributed by atoms with van der Waals surface area (Å²) in [4.78, 5) is 12.7. The molecule has 2 aromatic heterocycles. The Morgan fingerprint density at radius 3 is 2.71 bits per heavy atom. The van der Waals surface area contributed by atoms with Gasteiger partial charge in [-0.15, -0.1) is 10.2 Å². The van der Waals surface area contributed by atoms with Crippen LogP contribution in [0.25, 0.3) is 11.3 Å². The number of aromatic nitrogens is 4. The van der Waals surface area contributed by atoms with Crippen molar-refractivity contribution in [2.45, 2.75) is 25.7 Å². The average molecular weight is 323 g/mol. The Balaban J connectivity index is 1.64. The molecule has 122 valence electrons. The molecule has 0 saturated heterocycles. The Morgan fingerprint density at radius 2 is 2.00 bits per heavy atom. The molecule has 24 heavy (non-hydrogen) atoms. The smallest absolute Gasteiger partial charge is 0.263 e. The van der Waals surface area contributed by atoms with E-state index in [1.807, 2.05) is 41.9 Å². The molecule has 1 aromatic carbocycles. The Morgan fingerprint density at radius 1 is 1.25 bits per heavy atom. The van der Waals surface area contributed by atoms with Crippen molar-refractivity contribution in [1.82, 2.24) is 19.9 Å². The van der Waals surface area contributed by atoms with Crippen LogP contribution < -0.4 is 5.32 Å². The molecule has 7 nitrogen and oxygen atoms in total. The van der Waals surface area contributed by atoms with Gasteiger partial charge in [0.1, 0.15) is 22.8 Å². The molecule has 1 aliphatic rings. The van der Waals surface area contributed by atoms with E-state index >= 15 is 0 Å². The summed E-state index contributed by atoms with van der Waals surface area (Å²) in [5.74, 6) is 1.98. The highest BCUT2D eigenvalue weighted by atomic mass is 16.5. The highest BCUT2D eigenvalue weighted by Crippen LogP contribution is 2.39. The van der Waals surface area contributed by atoms with E-state index in [0.29, 0.717) is 28.9 Å². The van der Waals surface area contributed by atoms with E-state index in [0.717, 1.165) is 24.2 Å². The summed E-state index contributed by atoms with van der Waals surface area (Å²) < 4.78 is 7.07. The Kier molecular flexibility index (Phi) is 3.41. The van der Waals surface area contributed by atoms with Crippen LogP contribution in [0.15, 0.2) is 34.9 Å². The SMILES string of the molecule is Cc1onc(-c2ccccc2)c1C(=O)Nc1nnc(C2CC2)n1C. The average Bonchev–Trinajstić information content (AvgIpc) is 3.27. The number of amides is 1. The number of hydrogen-bond acceptors (Lipinski definition) is 5. The second kappa shape index (κ2) is 5.59. The molecule has 3 aromatic rings. The summed E-state index contributed by atoms with van der Waals surface area (Å²) in [6.45, 7) is 1.72. The minimum absolute atomic E-state index is 0.301. The van der Waals surface area contributed by atoms with E-state index in [2.05, 4.69) is 20.7 Å². The minimum atomic E-state index is -0.301. The molecule has 1 aliphatic carbocycles. The molecule has 1 amide bonds. The van der Waals surface area contributed by atoms with Gasteiger partial charge in [0.05, 0.1) is 0 Å². The molecular formula is C17H17N5O2. The Labute approximate surface area is 138 Å². The van der Waals surface area contributed by atoms with Gasteiger partial charge in [0, 0.05) is 18.5 Å². The topological polar surface area (TPSA) is 85.8 Å². The first kappa shape index (κ1) is 14.6. The van der Waals surface area contributed by atoms with Crippen LogP contribution in [0.5, 0.6) is 0 Å². The number of hydrogen-bond donors (Lipinski definition) is 1. The van der Waals surface area contributed by atoms with E-state index in [4.69, 9.17) is 4.52 Å². The van der Waals surface area contributed by atoms with Crippen molar-refractivity contribution in [2.24, 2.45) is 7.05 Å². The molecule has 0 radical (unpaired) electrons. The van der Waals surface area contributed by atoms with Crippen molar-refractivity contribution in [1.29, 1.82) is 0 Å². The molecule has 0 bridgehead atoms. The summed E-state index contributed by atoms with van der Waals surface area (Å²) >= 11 is 0. The third kappa shape index (κ3) is 2.47. The van der Waals surface area contributed by atoms with E-state index in [1.165, 1.54) is 0 Å². The molecule has 0 atom stereocenters. The van der Waals surface area contributed by atoms with Gasteiger partial charge in [0.2, 0.25) is 5.95 Å². The highest BCUT2D eigenvalue weighted by molar-refractivity contribution is 6.08. The van der Waals surface area contributed by atoms with Gasteiger partial charge in [0.15, 0.2) is 0 Å². The number of anilines is 1. The van der Waals surface area contributed by atoms with Crippen LogP contribution in [0.1, 0.15) is 40.7 Å². The van der Waals surface area contributed by atoms with Crippen LogP contribution in [0.4, 0.5) is 5.95 Å². The molecule has 1 fully saturated rings. The maximum atomic E-state index is 12.7. The van der Waals surface area contributed by atoms with Crippen LogP contribution in [0.2, 0.25) is 0 Å². The third-order valence-electron chi connectivity index (χ3n) is 4.21. The highest BCUT2D eigenvalue weighted by Gasteiger charge is 2.30. The lowest BCUT2D eigenvalue weighted by Gasteiger charge is -2.06. The molecular weight excluding hydrogens is 306 g/mol. The second-order valence-corrected chi connectivity index (χ2v) is 6.00. The molecule has 0 aliphatic heterocycles. The fraction of sp³-hybridized carbons (Fsp3) is 0.294. The predicted octanol–water partition coefficient (Wildman–Crippen LogP) is 2.91. The first-order chi connectivity index (χ1) is 11.6. The molecule has 1 saturated carbocycles. The molecule has 0 spiro atoms. The van der Waals surface area contributed by atoms with Crippen molar-refractivity contribution < 1.29 is 9.32 Å². The number of carbonyl (C=O) groups is 1. The van der Waals surface area contributed by atoms with Gasteiger partial charge in [-0.05, 0) is 19.8 Å². The Hall–Kier alpha value is -2.96. The minimum Gasteiger partial charge on any atom is -0.360 e. The van der Waals surface area contributed by atoms with Gasteiger partial charge in [-0.3, -0.25) is 14.7 Å².